The third kappa shape index (κ3) is 28.4. The van der Waals surface area contributed by atoms with Crippen molar-refractivity contribution < 1.29 is 24.3 Å². The molecule has 0 amide bonds. The lowest BCUT2D eigenvalue weighted by Crippen LogP contribution is -2.23. The van der Waals surface area contributed by atoms with E-state index in [0.717, 1.165) is 0 Å². The molecule has 0 spiro atoms. The zero-order chi connectivity index (χ0) is 16.7. The first-order valence-electron chi connectivity index (χ1n) is 7.30. The summed E-state index contributed by atoms with van der Waals surface area (Å²) in [6.45, 7) is 3.08. The Morgan fingerprint density at radius 2 is 1.62 bits per heavy atom. The molecule has 0 aromatic rings. The summed E-state index contributed by atoms with van der Waals surface area (Å²) >= 11 is 0. The van der Waals surface area contributed by atoms with Crippen molar-refractivity contribution in [3.8, 4) is 0 Å². The smallest absolute Gasteiger partial charge is 0.339 e. The normalized spacial score (nSPS) is 11.1. The number of rotatable bonds is 11. The van der Waals surface area contributed by atoms with Crippen molar-refractivity contribution in [3.63, 3.8) is 0 Å². The Hall–Kier alpha value is -0.460. The Balaban J connectivity index is 0. The van der Waals surface area contributed by atoms with Gasteiger partial charge >= 0.3 is 13.6 Å². The number of hydrogen-bond donors (Lipinski definition) is 4. The zero-order valence-corrected chi connectivity index (χ0v) is 14.3. The molecule has 0 radical (unpaired) electrons. The predicted octanol–water partition coefficient (Wildman–Crippen LogP) is 1.70. The van der Waals surface area contributed by atoms with Crippen molar-refractivity contribution in [2.45, 2.75) is 45.4 Å². The van der Waals surface area contributed by atoms with E-state index in [1.165, 1.54) is 45.1 Å². The number of aliphatic carboxylic acids is 1. The van der Waals surface area contributed by atoms with Crippen LogP contribution in [-0.4, -0.2) is 59.2 Å². The highest BCUT2D eigenvalue weighted by Gasteiger charge is 2.11. The second-order valence-corrected chi connectivity index (χ2v) is 6.86. The molecular formula is C13H31N2O5P. The van der Waals surface area contributed by atoms with Crippen molar-refractivity contribution in [1.82, 2.24) is 10.2 Å². The third-order valence-electron chi connectivity index (χ3n) is 2.55. The summed E-state index contributed by atoms with van der Waals surface area (Å²) in [5, 5.41) is 10.1. The Bertz CT molecular complexity index is 294. The lowest BCUT2D eigenvalue weighted by molar-refractivity contribution is -0.135. The van der Waals surface area contributed by atoms with Gasteiger partial charge in [0, 0.05) is 0 Å². The summed E-state index contributed by atoms with van der Waals surface area (Å²) in [6.07, 6.45) is 7.83. The van der Waals surface area contributed by atoms with Gasteiger partial charge in [-0.1, -0.05) is 39.0 Å². The summed E-state index contributed by atoms with van der Waals surface area (Å²) in [5.41, 5.74) is 0. The molecule has 0 fully saturated rings. The molecule has 0 saturated carbocycles. The van der Waals surface area contributed by atoms with E-state index in [2.05, 4.69) is 31.2 Å². The Morgan fingerprint density at radius 1 is 1.10 bits per heavy atom. The molecule has 0 aliphatic carbocycles. The number of nitrogens with one attached hydrogen (secondary N) is 1. The van der Waals surface area contributed by atoms with Gasteiger partial charge in [-0.15, -0.1) is 0 Å². The van der Waals surface area contributed by atoms with E-state index in [-0.39, 0.29) is 0 Å². The standard InChI is InChI=1S/C10H23N.C3H8NO5P/c1-4-5-6-7-8-9-10-11(2)3;5-3(6)1-4-2-10(7,8)9/h4-10H2,1-3H3;4H,1-2H2,(H,5,6)(H2,7,8,9). The predicted molar refractivity (Wildman–Crippen MR) is 84.5 cm³/mol. The van der Waals surface area contributed by atoms with Crippen molar-refractivity contribution >= 4 is 13.6 Å². The Morgan fingerprint density at radius 3 is 2.05 bits per heavy atom. The molecule has 4 N–H and O–H groups in total. The minimum absolute atomic E-state index is 0.439. The summed E-state index contributed by atoms with van der Waals surface area (Å²) in [4.78, 5) is 28.4. The van der Waals surface area contributed by atoms with Gasteiger partial charge in [-0.25, -0.2) is 0 Å². The minimum Gasteiger partial charge on any atom is -0.480 e. The highest BCUT2D eigenvalue weighted by molar-refractivity contribution is 7.51. The third-order valence-corrected chi connectivity index (χ3v) is 3.19. The molecule has 0 rings (SSSR count). The maximum atomic E-state index is 10.1. The quantitative estimate of drug-likeness (QED) is 0.338. The van der Waals surface area contributed by atoms with Crippen LogP contribution in [0, 0.1) is 0 Å². The van der Waals surface area contributed by atoms with Gasteiger partial charge in [-0.2, -0.15) is 0 Å². The maximum absolute atomic E-state index is 10.1. The molecule has 0 unspecified atom stereocenters. The monoisotopic (exact) mass is 326 g/mol. The van der Waals surface area contributed by atoms with Crippen LogP contribution in [-0.2, 0) is 9.36 Å². The second kappa shape index (κ2) is 14.5. The molecule has 7 nitrogen and oxygen atoms in total. The summed E-state index contributed by atoms with van der Waals surface area (Å²) < 4.78 is 10.1. The van der Waals surface area contributed by atoms with Crippen LogP contribution in [0.15, 0.2) is 0 Å². The van der Waals surface area contributed by atoms with Crippen LogP contribution < -0.4 is 5.32 Å². The first-order chi connectivity index (χ1) is 9.69. The molecule has 0 bridgehead atoms. The topological polar surface area (TPSA) is 110 Å². The average Bonchev–Trinajstić information content (AvgIpc) is 2.32. The molecule has 0 atom stereocenters. The van der Waals surface area contributed by atoms with Gasteiger partial charge in [-0.3, -0.25) is 14.7 Å². The largest absolute Gasteiger partial charge is 0.480 e. The Labute approximate surface area is 127 Å². The molecular weight excluding hydrogens is 295 g/mol. The number of unbranched alkanes of at least 4 members (excludes halogenated alkanes) is 5. The van der Waals surface area contributed by atoms with Gasteiger partial charge in [0.15, 0.2) is 0 Å². The summed E-state index contributed by atoms with van der Waals surface area (Å²) in [6, 6.07) is 0. The fourth-order valence-electron chi connectivity index (χ4n) is 1.52. The molecule has 21 heavy (non-hydrogen) atoms. The molecule has 0 aromatic heterocycles. The van der Waals surface area contributed by atoms with E-state index in [9.17, 15) is 9.36 Å². The van der Waals surface area contributed by atoms with Crippen LogP contribution in [0.3, 0.4) is 0 Å². The molecule has 8 heteroatoms. The Kier molecular flexibility index (Phi) is 15.7. The minimum atomic E-state index is -4.10. The van der Waals surface area contributed by atoms with Gasteiger partial charge < -0.3 is 19.8 Å². The number of hydrogen-bond acceptors (Lipinski definition) is 4. The first kappa shape index (κ1) is 22.8. The van der Waals surface area contributed by atoms with Crippen molar-refractivity contribution in [2.75, 3.05) is 33.5 Å². The number of carboxylic acids is 1. The molecule has 0 heterocycles. The van der Waals surface area contributed by atoms with E-state index in [1.54, 1.807) is 0 Å². The summed E-state index contributed by atoms with van der Waals surface area (Å²) in [7, 11) is 0.193. The van der Waals surface area contributed by atoms with Crippen LogP contribution in [0.5, 0.6) is 0 Å². The molecule has 128 valence electrons. The number of carbonyl (C=O) groups is 1. The van der Waals surface area contributed by atoms with E-state index in [0.29, 0.717) is 0 Å². The second-order valence-electron chi connectivity index (χ2n) is 5.21. The molecule has 0 aliphatic heterocycles. The fraction of sp³-hybridized carbons (Fsp3) is 0.923. The van der Waals surface area contributed by atoms with Gasteiger partial charge in [0.05, 0.1) is 12.8 Å². The van der Waals surface area contributed by atoms with Crippen LogP contribution in [0.4, 0.5) is 0 Å². The lowest BCUT2D eigenvalue weighted by atomic mass is 10.1. The number of nitrogens with zero attached hydrogens (tertiary/aromatic N) is 1. The van der Waals surface area contributed by atoms with Crippen LogP contribution >= 0.6 is 7.60 Å². The van der Waals surface area contributed by atoms with E-state index >= 15 is 0 Å². The van der Waals surface area contributed by atoms with E-state index in [1.807, 2.05) is 0 Å². The highest BCUT2D eigenvalue weighted by atomic mass is 31.2. The first-order valence-corrected chi connectivity index (χ1v) is 9.10. The highest BCUT2D eigenvalue weighted by Crippen LogP contribution is 2.31. The van der Waals surface area contributed by atoms with E-state index in [4.69, 9.17) is 14.9 Å². The average molecular weight is 326 g/mol. The van der Waals surface area contributed by atoms with Gasteiger partial charge in [0.25, 0.3) is 0 Å². The van der Waals surface area contributed by atoms with Gasteiger partial charge in [0.2, 0.25) is 0 Å². The molecule has 0 aromatic carbocycles. The van der Waals surface area contributed by atoms with Crippen LogP contribution in [0.2, 0.25) is 0 Å². The van der Waals surface area contributed by atoms with Crippen molar-refractivity contribution in [3.05, 3.63) is 0 Å². The van der Waals surface area contributed by atoms with Crippen LogP contribution in [0.25, 0.3) is 0 Å². The van der Waals surface area contributed by atoms with Crippen molar-refractivity contribution in [2.24, 2.45) is 0 Å². The fourth-order valence-corrected chi connectivity index (χ4v) is 1.92. The van der Waals surface area contributed by atoms with Gasteiger partial charge in [0.1, 0.15) is 0 Å². The summed E-state index contributed by atoms with van der Waals surface area (Å²) in [5.74, 6) is -1.14. The SMILES string of the molecule is CCCCCCCCN(C)C.O=C(O)CNCP(=O)(O)O. The van der Waals surface area contributed by atoms with Crippen molar-refractivity contribution in [1.29, 1.82) is 0 Å². The zero-order valence-electron chi connectivity index (χ0n) is 13.4. The number of carboxylic acid groups (broad SMARTS) is 1. The lowest BCUT2D eigenvalue weighted by Gasteiger charge is -2.08. The van der Waals surface area contributed by atoms with Gasteiger partial charge in [-0.05, 0) is 27.1 Å². The maximum Gasteiger partial charge on any atom is 0.339 e. The van der Waals surface area contributed by atoms with E-state index < -0.39 is 26.4 Å². The van der Waals surface area contributed by atoms with Crippen LogP contribution in [0.1, 0.15) is 45.4 Å². The molecule has 0 saturated heterocycles. The molecule has 0 aliphatic rings.